The first-order valence-electron chi connectivity index (χ1n) is 18.1. The lowest BCUT2D eigenvalue weighted by Gasteiger charge is -2.38. The fraction of sp³-hybridized carbons (Fsp3) is 0.806. The van der Waals surface area contributed by atoms with Gasteiger partial charge in [-0.1, -0.05) is 66.9 Å². The van der Waals surface area contributed by atoms with E-state index >= 15 is 0 Å². The van der Waals surface area contributed by atoms with Crippen LogP contribution in [0.4, 0.5) is 4.79 Å². The summed E-state index contributed by atoms with van der Waals surface area (Å²) in [6, 6.07) is -4.06. The van der Waals surface area contributed by atoms with Crippen molar-refractivity contribution in [3.63, 3.8) is 0 Å². The summed E-state index contributed by atoms with van der Waals surface area (Å²) in [5.41, 5.74) is -1.16. The Morgan fingerprint density at radius 1 is 0.960 bits per heavy atom. The minimum atomic E-state index is -3.50. The SMILES string of the molecule is C=CCNC(=O)C(=O)C(CC1CCC1)NC(=O)[C@@H]1[C@H]2CCC3(CC3)[C@H]2CN1C(=O)[C@@H](NC(=O)N[C@H](CN(C)S(C)(=O)=O)C(C)(C)C)C(C)(C)C. The zero-order chi connectivity index (χ0) is 37.4. The highest BCUT2D eigenvalue weighted by Crippen LogP contribution is 2.66. The molecular formula is C36H60N6O7S. The van der Waals surface area contributed by atoms with E-state index in [1.807, 2.05) is 41.5 Å². The van der Waals surface area contributed by atoms with E-state index in [0.717, 1.165) is 51.2 Å². The Morgan fingerprint density at radius 3 is 2.10 bits per heavy atom. The number of amides is 5. The van der Waals surface area contributed by atoms with Crippen molar-refractivity contribution in [1.82, 2.24) is 30.5 Å². The summed E-state index contributed by atoms with van der Waals surface area (Å²) in [7, 11) is -2.05. The molecule has 3 aliphatic carbocycles. The highest BCUT2D eigenvalue weighted by Gasteiger charge is 2.64. The summed E-state index contributed by atoms with van der Waals surface area (Å²) in [6.45, 7) is 15.4. The molecule has 50 heavy (non-hydrogen) atoms. The normalized spacial score (nSPS) is 24.8. The largest absolute Gasteiger partial charge is 0.346 e. The smallest absolute Gasteiger partial charge is 0.315 e. The minimum absolute atomic E-state index is 0.0378. The van der Waals surface area contributed by atoms with Crippen LogP contribution >= 0.6 is 0 Å². The van der Waals surface area contributed by atoms with E-state index in [1.165, 1.54) is 17.4 Å². The van der Waals surface area contributed by atoms with Crippen LogP contribution in [0.25, 0.3) is 0 Å². The molecule has 1 heterocycles. The van der Waals surface area contributed by atoms with E-state index in [1.54, 1.807) is 4.90 Å². The van der Waals surface area contributed by atoms with Gasteiger partial charge in [-0.3, -0.25) is 19.2 Å². The Balaban J connectivity index is 1.58. The molecule has 0 aromatic carbocycles. The van der Waals surface area contributed by atoms with Crippen molar-refractivity contribution in [2.24, 2.45) is 34.0 Å². The van der Waals surface area contributed by atoms with E-state index < -0.39 is 68.6 Å². The Labute approximate surface area is 298 Å². The molecule has 4 rings (SSSR count). The Bertz CT molecular complexity index is 1440. The van der Waals surface area contributed by atoms with Crippen LogP contribution in [0, 0.1) is 34.0 Å². The maximum atomic E-state index is 14.7. The van der Waals surface area contributed by atoms with Crippen molar-refractivity contribution >= 4 is 39.6 Å². The summed E-state index contributed by atoms with van der Waals surface area (Å²) in [4.78, 5) is 70.3. The van der Waals surface area contributed by atoms with Gasteiger partial charge in [0.2, 0.25) is 27.6 Å². The predicted molar refractivity (Wildman–Crippen MR) is 191 cm³/mol. The van der Waals surface area contributed by atoms with Gasteiger partial charge in [-0.25, -0.2) is 17.5 Å². The van der Waals surface area contributed by atoms with Crippen molar-refractivity contribution in [3.8, 4) is 0 Å². The maximum Gasteiger partial charge on any atom is 0.315 e. The number of rotatable bonds is 14. The minimum Gasteiger partial charge on any atom is -0.346 e. The van der Waals surface area contributed by atoms with Gasteiger partial charge in [0.25, 0.3) is 5.91 Å². The molecule has 282 valence electrons. The number of fused-ring (bicyclic) bond motifs is 2. The number of urea groups is 1. The molecule has 1 aliphatic heterocycles. The van der Waals surface area contributed by atoms with Crippen LogP contribution in [-0.2, 0) is 29.2 Å². The third kappa shape index (κ3) is 9.07. The zero-order valence-electron chi connectivity index (χ0n) is 31.3. The Hall–Kier alpha value is -3.00. The van der Waals surface area contributed by atoms with Gasteiger partial charge in [0.1, 0.15) is 12.1 Å². The molecule has 4 N–H and O–H groups in total. The van der Waals surface area contributed by atoms with Crippen LogP contribution in [0.3, 0.4) is 0 Å². The topological polar surface area (TPSA) is 174 Å². The van der Waals surface area contributed by atoms with Crippen molar-refractivity contribution in [1.29, 1.82) is 0 Å². The van der Waals surface area contributed by atoms with Crippen molar-refractivity contribution in [2.45, 2.75) is 117 Å². The number of nitrogens with zero attached hydrogens (tertiary/aromatic N) is 2. The number of carbonyl (C=O) groups is 5. The highest BCUT2D eigenvalue weighted by molar-refractivity contribution is 7.88. The summed E-state index contributed by atoms with van der Waals surface area (Å²) in [5.74, 6) is -2.04. The van der Waals surface area contributed by atoms with Gasteiger partial charge in [0.05, 0.1) is 12.3 Å². The van der Waals surface area contributed by atoms with Crippen molar-refractivity contribution in [2.75, 3.05) is 32.9 Å². The molecule has 1 unspecified atom stereocenters. The van der Waals surface area contributed by atoms with Gasteiger partial charge >= 0.3 is 6.03 Å². The first-order chi connectivity index (χ1) is 23.1. The number of likely N-dealkylation sites (tertiary alicyclic amines) is 1. The lowest BCUT2D eigenvalue weighted by Crippen LogP contribution is -2.62. The molecule has 4 aliphatic rings. The monoisotopic (exact) mass is 720 g/mol. The molecule has 0 radical (unpaired) electrons. The second-order valence-electron chi connectivity index (χ2n) is 17.4. The number of carbonyl (C=O) groups excluding carboxylic acids is 5. The van der Waals surface area contributed by atoms with Gasteiger partial charge in [0, 0.05) is 32.7 Å². The number of likely N-dealkylation sites (N-methyl/N-ethyl adjacent to an activating group) is 1. The first-order valence-corrected chi connectivity index (χ1v) is 20.0. The number of Topliss-reactive ketones (excluding diaryl/α,β-unsaturated/α-hetero) is 1. The second-order valence-corrected chi connectivity index (χ2v) is 19.5. The molecule has 5 amide bonds. The summed E-state index contributed by atoms with van der Waals surface area (Å²) in [5, 5.41) is 11.3. The van der Waals surface area contributed by atoms with Crippen LogP contribution in [0.2, 0.25) is 0 Å². The average Bonchev–Trinajstić information content (AvgIpc) is 3.55. The second kappa shape index (κ2) is 14.9. The van der Waals surface area contributed by atoms with Crippen LogP contribution in [-0.4, -0.2) is 104 Å². The predicted octanol–water partition coefficient (Wildman–Crippen LogP) is 2.57. The molecule has 0 aromatic heterocycles. The lowest BCUT2D eigenvalue weighted by atomic mass is 9.80. The van der Waals surface area contributed by atoms with Gasteiger partial charge < -0.3 is 26.2 Å². The van der Waals surface area contributed by atoms with Gasteiger partial charge in [-0.2, -0.15) is 0 Å². The Morgan fingerprint density at radius 2 is 1.60 bits per heavy atom. The highest BCUT2D eigenvalue weighted by atomic mass is 32.2. The van der Waals surface area contributed by atoms with E-state index in [0.29, 0.717) is 13.0 Å². The van der Waals surface area contributed by atoms with E-state index in [4.69, 9.17) is 0 Å². The van der Waals surface area contributed by atoms with E-state index in [9.17, 15) is 32.4 Å². The lowest BCUT2D eigenvalue weighted by molar-refractivity contribution is -0.144. The molecule has 1 spiro atoms. The molecule has 3 saturated carbocycles. The standard InChI is InChI=1S/C36H60N6O7S/c1-10-18-37-31(45)28(43)25(19-22-12-11-13-22)38-30(44)27-23-14-15-36(16-17-36)24(23)20-42(27)32(46)29(35(5,6)7)40-33(47)39-26(34(2,3)4)21-41(8)50(9,48)49/h10,22-27,29H,1,11-21H2,2-9H3,(H,37,45)(H,38,44)(H2,39,40,47)/t23-,24-,25?,26+,27-,29+/m0/s1. The molecule has 0 bridgehead atoms. The number of nitrogens with one attached hydrogen (secondary N) is 4. The fourth-order valence-corrected chi connectivity index (χ4v) is 8.36. The number of ketones is 1. The molecule has 1 saturated heterocycles. The third-order valence-electron chi connectivity index (χ3n) is 11.7. The van der Waals surface area contributed by atoms with Gasteiger partial charge in [-0.15, -0.1) is 6.58 Å². The third-order valence-corrected chi connectivity index (χ3v) is 12.9. The first kappa shape index (κ1) is 39.8. The quantitative estimate of drug-likeness (QED) is 0.158. The molecule has 14 heteroatoms. The zero-order valence-corrected chi connectivity index (χ0v) is 32.1. The molecule has 13 nitrogen and oxygen atoms in total. The Kier molecular flexibility index (Phi) is 11.9. The van der Waals surface area contributed by atoms with Crippen LogP contribution < -0.4 is 21.3 Å². The summed E-state index contributed by atoms with van der Waals surface area (Å²) >= 11 is 0. The average molecular weight is 721 g/mol. The number of hydrogen-bond acceptors (Lipinski definition) is 7. The van der Waals surface area contributed by atoms with Gasteiger partial charge in [-0.05, 0) is 66.1 Å². The maximum absolute atomic E-state index is 14.7. The van der Waals surface area contributed by atoms with E-state index in [2.05, 4.69) is 27.8 Å². The van der Waals surface area contributed by atoms with Crippen LogP contribution in [0.5, 0.6) is 0 Å². The number of sulfonamides is 1. The molecule has 6 atom stereocenters. The van der Waals surface area contributed by atoms with Crippen LogP contribution in [0.1, 0.15) is 92.9 Å². The van der Waals surface area contributed by atoms with Crippen LogP contribution in [0.15, 0.2) is 12.7 Å². The number of hydrogen-bond donors (Lipinski definition) is 4. The van der Waals surface area contributed by atoms with Crippen molar-refractivity contribution < 1.29 is 32.4 Å². The van der Waals surface area contributed by atoms with E-state index in [-0.39, 0.29) is 42.2 Å². The van der Waals surface area contributed by atoms with Crippen molar-refractivity contribution in [3.05, 3.63) is 12.7 Å². The molecule has 4 fully saturated rings. The molecule has 0 aromatic rings. The summed E-state index contributed by atoms with van der Waals surface area (Å²) < 4.78 is 25.5. The summed E-state index contributed by atoms with van der Waals surface area (Å²) in [6.07, 6.45) is 9.72. The molecular weight excluding hydrogens is 660 g/mol. The van der Waals surface area contributed by atoms with Gasteiger partial charge in [0.15, 0.2) is 0 Å². The fourth-order valence-electron chi connectivity index (χ4n) is 7.94.